The molecule has 14 heavy (non-hydrogen) atoms. The Balaban J connectivity index is 2.42. The number of allylic oxidation sites excluding steroid dienone is 5. The van der Waals surface area contributed by atoms with Crippen molar-refractivity contribution in [3.05, 3.63) is 53.7 Å². The lowest BCUT2D eigenvalue weighted by Gasteiger charge is -2.02. The van der Waals surface area contributed by atoms with Crippen LogP contribution in [0.2, 0.25) is 0 Å². The second-order valence-corrected chi connectivity index (χ2v) is 3.31. The molecule has 0 saturated carbocycles. The van der Waals surface area contributed by atoms with Gasteiger partial charge in [0.25, 0.3) is 0 Å². The Hall–Kier alpha value is -1.70. The van der Waals surface area contributed by atoms with Crippen LogP contribution in [0, 0.1) is 6.92 Å². The van der Waals surface area contributed by atoms with E-state index in [0.717, 1.165) is 29.2 Å². The van der Waals surface area contributed by atoms with E-state index in [1.165, 1.54) is 0 Å². The zero-order valence-electron chi connectivity index (χ0n) is 8.16. The highest BCUT2D eigenvalue weighted by Crippen LogP contribution is 2.23. The first-order valence-corrected chi connectivity index (χ1v) is 4.67. The van der Waals surface area contributed by atoms with Crippen LogP contribution < -0.4 is 5.73 Å². The maximum Gasteiger partial charge on any atom is 0.136 e. The molecule has 0 atom stereocenters. The first kappa shape index (κ1) is 8.88. The fourth-order valence-corrected chi connectivity index (χ4v) is 1.45. The second kappa shape index (κ2) is 3.58. The summed E-state index contributed by atoms with van der Waals surface area (Å²) in [6.07, 6.45) is 8.93. The zero-order valence-corrected chi connectivity index (χ0v) is 8.16. The molecule has 1 heterocycles. The summed E-state index contributed by atoms with van der Waals surface area (Å²) in [5.41, 5.74) is 7.66. The Kier molecular flexibility index (Phi) is 2.27. The van der Waals surface area contributed by atoms with Crippen molar-refractivity contribution in [3.8, 4) is 0 Å². The fourth-order valence-electron chi connectivity index (χ4n) is 1.45. The molecule has 0 radical (unpaired) electrons. The molecule has 0 spiro atoms. The maximum absolute atomic E-state index is 5.91. The first-order valence-electron chi connectivity index (χ1n) is 4.67. The third-order valence-corrected chi connectivity index (χ3v) is 2.19. The number of hydrogen-bond acceptors (Lipinski definition) is 2. The smallest absolute Gasteiger partial charge is 0.136 e. The Morgan fingerprint density at radius 3 is 2.93 bits per heavy atom. The SMILES string of the molecule is Cc1ccc(C2=CC=CCC=C2N)o1. The molecule has 0 fully saturated rings. The third-order valence-electron chi connectivity index (χ3n) is 2.19. The second-order valence-electron chi connectivity index (χ2n) is 3.31. The summed E-state index contributed by atoms with van der Waals surface area (Å²) in [7, 11) is 0. The van der Waals surface area contributed by atoms with Crippen molar-refractivity contribution < 1.29 is 4.42 Å². The van der Waals surface area contributed by atoms with E-state index < -0.39 is 0 Å². The Morgan fingerprint density at radius 1 is 1.36 bits per heavy atom. The van der Waals surface area contributed by atoms with Crippen LogP contribution in [0.5, 0.6) is 0 Å². The molecule has 72 valence electrons. The average Bonchev–Trinajstić information content (AvgIpc) is 2.46. The van der Waals surface area contributed by atoms with E-state index in [-0.39, 0.29) is 0 Å². The van der Waals surface area contributed by atoms with Gasteiger partial charge in [0.1, 0.15) is 11.5 Å². The molecule has 1 aromatic heterocycles. The van der Waals surface area contributed by atoms with E-state index in [4.69, 9.17) is 10.2 Å². The highest BCUT2D eigenvalue weighted by atomic mass is 16.3. The largest absolute Gasteiger partial charge is 0.461 e. The van der Waals surface area contributed by atoms with Crippen LogP contribution in [0.3, 0.4) is 0 Å². The summed E-state index contributed by atoms with van der Waals surface area (Å²) >= 11 is 0. The van der Waals surface area contributed by atoms with Crippen LogP contribution in [-0.2, 0) is 0 Å². The monoisotopic (exact) mass is 187 g/mol. The van der Waals surface area contributed by atoms with Gasteiger partial charge in [0.15, 0.2) is 0 Å². The summed E-state index contributed by atoms with van der Waals surface area (Å²) in [6.45, 7) is 1.93. The summed E-state index contributed by atoms with van der Waals surface area (Å²) < 4.78 is 5.53. The van der Waals surface area contributed by atoms with Crippen molar-refractivity contribution in [1.82, 2.24) is 0 Å². The molecule has 2 nitrogen and oxygen atoms in total. The molecule has 0 aromatic carbocycles. The van der Waals surface area contributed by atoms with Gasteiger partial charge >= 0.3 is 0 Å². The van der Waals surface area contributed by atoms with E-state index >= 15 is 0 Å². The lowest BCUT2D eigenvalue weighted by Crippen LogP contribution is -1.99. The maximum atomic E-state index is 5.91. The van der Waals surface area contributed by atoms with E-state index in [0.29, 0.717) is 0 Å². The zero-order chi connectivity index (χ0) is 9.97. The number of aryl methyl sites for hydroxylation is 1. The van der Waals surface area contributed by atoms with Gasteiger partial charge in [0.2, 0.25) is 0 Å². The van der Waals surface area contributed by atoms with Gasteiger partial charge in [0, 0.05) is 11.3 Å². The Labute approximate surface area is 83.4 Å². The van der Waals surface area contributed by atoms with Gasteiger partial charge in [-0.05, 0) is 31.6 Å². The van der Waals surface area contributed by atoms with Crippen molar-refractivity contribution in [3.63, 3.8) is 0 Å². The molecule has 0 bridgehead atoms. The molecule has 0 aliphatic heterocycles. The van der Waals surface area contributed by atoms with Crippen molar-refractivity contribution in [2.75, 3.05) is 0 Å². The van der Waals surface area contributed by atoms with E-state index in [9.17, 15) is 0 Å². The van der Waals surface area contributed by atoms with E-state index in [1.54, 1.807) is 0 Å². The van der Waals surface area contributed by atoms with Crippen molar-refractivity contribution >= 4 is 5.57 Å². The molecule has 0 unspecified atom stereocenters. The van der Waals surface area contributed by atoms with Gasteiger partial charge in [-0.15, -0.1) is 0 Å². The molecular formula is C12H13NO. The summed E-state index contributed by atoms with van der Waals surface area (Å²) in [4.78, 5) is 0. The predicted octanol–water partition coefficient (Wildman–Crippen LogP) is 2.77. The van der Waals surface area contributed by atoms with Gasteiger partial charge < -0.3 is 10.2 Å². The van der Waals surface area contributed by atoms with Gasteiger partial charge in [-0.1, -0.05) is 18.2 Å². The van der Waals surface area contributed by atoms with Crippen LogP contribution in [0.25, 0.3) is 5.57 Å². The van der Waals surface area contributed by atoms with Gasteiger partial charge in [-0.3, -0.25) is 0 Å². The fraction of sp³-hybridized carbons (Fsp3) is 0.167. The van der Waals surface area contributed by atoms with Crippen LogP contribution in [0.15, 0.2) is 46.6 Å². The van der Waals surface area contributed by atoms with Crippen LogP contribution in [0.1, 0.15) is 17.9 Å². The summed E-state index contributed by atoms with van der Waals surface area (Å²) in [6, 6.07) is 3.89. The molecule has 0 saturated heterocycles. The minimum Gasteiger partial charge on any atom is -0.461 e. The molecule has 1 aromatic rings. The number of rotatable bonds is 1. The lowest BCUT2D eigenvalue weighted by atomic mass is 10.1. The molecule has 2 N–H and O–H groups in total. The molecule has 1 aliphatic rings. The van der Waals surface area contributed by atoms with E-state index in [2.05, 4.69) is 6.08 Å². The standard InChI is InChI=1S/C12H13NO/c1-9-7-8-12(14-9)10-5-3-2-4-6-11(10)13/h2-3,5-8H,4,13H2,1H3. The lowest BCUT2D eigenvalue weighted by molar-refractivity contribution is 0.522. The molecule has 2 heteroatoms. The highest BCUT2D eigenvalue weighted by molar-refractivity contribution is 5.77. The summed E-state index contributed by atoms with van der Waals surface area (Å²) in [5.74, 6) is 1.74. The quantitative estimate of drug-likeness (QED) is 0.734. The Morgan fingerprint density at radius 2 is 2.21 bits per heavy atom. The topological polar surface area (TPSA) is 39.2 Å². The van der Waals surface area contributed by atoms with Gasteiger partial charge in [-0.2, -0.15) is 0 Å². The minimum absolute atomic E-state index is 0.782. The minimum atomic E-state index is 0.782. The molecule has 0 amide bonds. The van der Waals surface area contributed by atoms with Crippen molar-refractivity contribution in [2.45, 2.75) is 13.3 Å². The first-order chi connectivity index (χ1) is 6.77. The van der Waals surface area contributed by atoms with Crippen LogP contribution >= 0.6 is 0 Å². The number of hydrogen-bond donors (Lipinski definition) is 1. The molecular weight excluding hydrogens is 174 g/mol. The Bertz CT molecular complexity index is 421. The van der Waals surface area contributed by atoms with Crippen LogP contribution in [0.4, 0.5) is 0 Å². The van der Waals surface area contributed by atoms with Crippen molar-refractivity contribution in [2.24, 2.45) is 5.73 Å². The summed E-state index contributed by atoms with van der Waals surface area (Å²) in [5, 5.41) is 0. The van der Waals surface area contributed by atoms with Gasteiger partial charge in [0.05, 0.1) is 0 Å². The predicted molar refractivity (Wildman–Crippen MR) is 57.4 cm³/mol. The van der Waals surface area contributed by atoms with Crippen molar-refractivity contribution in [1.29, 1.82) is 0 Å². The number of nitrogens with two attached hydrogens (primary N) is 1. The van der Waals surface area contributed by atoms with Crippen LogP contribution in [-0.4, -0.2) is 0 Å². The molecule has 2 rings (SSSR count). The number of furan rings is 1. The third kappa shape index (κ3) is 1.64. The van der Waals surface area contributed by atoms with E-state index in [1.807, 2.05) is 37.3 Å². The van der Waals surface area contributed by atoms with Gasteiger partial charge in [-0.25, -0.2) is 0 Å². The normalized spacial score (nSPS) is 16.1. The highest BCUT2D eigenvalue weighted by Gasteiger charge is 2.08. The average molecular weight is 187 g/mol. The molecule has 1 aliphatic carbocycles.